The molecule has 2 heterocycles. The molecule has 1 saturated heterocycles. The molecule has 2 aromatic carbocycles. The number of nitrogens with zero attached hydrogens (tertiary/aromatic N) is 2. The summed E-state index contributed by atoms with van der Waals surface area (Å²) in [6.07, 6.45) is 4.23. The van der Waals surface area contributed by atoms with Crippen molar-refractivity contribution in [1.82, 2.24) is 4.90 Å². The maximum Gasteiger partial charge on any atom is 0.241 e. The topological polar surface area (TPSA) is 32.8 Å². The number of anilines is 1. The van der Waals surface area contributed by atoms with E-state index in [-0.39, 0.29) is 17.8 Å². The van der Waals surface area contributed by atoms with Gasteiger partial charge in [0.25, 0.3) is 0 Å². The van der Waals surface area contributed by atoms with Crippen LogP contribution in [0.15, 0.2) is 48.5 Å². The summed E-state index contributed by atoms with van der Waals surface area (Å²) >= 11 is 0. The molecular weight excluding hydrogens is 355 g/mol. The van der Waals surface area contributed by atoms with E-state index in [0.29, 0.717) is 19.6 Å². The molecule has 28 heavy (non-hydrogen) atoms. The zero-order valence-corrected chi connectivity index (χ0v) is 16.1. The molecule has 0 saturated carbocycles. The van der Waals surface area contributed by atoms with Crippen LogP contribution in [0, 0.1) is 5.82 Å². The van der Waals surface area contributed by atoms with Gasteiger partial charge >= 0.3 is 0 Å². The second kappa shape index (κ2) is 8.84. The summed E-state index contributed by atoms with van der Waals surface area (Å²) in [6.45, 7) is 3.08. The lowest BCUT2D eigenvalue weighted by Gasteiger charge is -2.32. The molecule has 2 aliphatic rings. The summed E-state index contributed by atoms with van der Waals surface area (Å²) in [5.41, 5.74) is 3.14. The number of hydrogen-bond donors (Lipinski definition) is 0. The van der Waals surface area contributed by atoms with Crippen molar-refractivity contribution in [2.45, 2.75) is 38.3 Å². The van der Waals surface area contributed by atoms with Gasteiger partial charge in [-0.3, -0.25) is 9.69 Å². The van der Waals surface area contributed by atoms with Gasteiger partial charge in [-0.05, 0) is 55.0 Å². The van der Waals surface area contributed by atoms with Crippen LogP contribution in [0.4, 0.5) is 10.1 Å². The molecule has 148 valence electrons. The van der Waals surface area contributed by atoms with Crippen molar-refractivity contribution in [3.63, 3.8) is 0 Å². The van der Waals surface area contributed by atoms with Gasteiger partial charge < -0.3 is 9.64 Å². The first-order valence-electron chi connectivity index (χ1n) is 10.2. The first kappa shape index (κ1) is 19.1. The number of rotatable bonds is 6. The van der Waals surface area contributed by atoms with E-state index in [1.165, 1.54) is 11.6 Å². The van der Waals surface area contributed by atoms with E-state index in [0.717, 1.165) is 50.1 Å². The van der Waals surface area contributed by atoms with E-state index in [1.807, 2.05) is 29.2 Å². The average Bonchev–Trinajstić information content (AvgIpc) is 3.20. The summed E-state index contributed by atoms with van der Waals surface area (Å²) in [6, 6.07) is 14.8. The van der Waals surface area contributed by atoms with Crippen LogP contribution in [-0.2, 0) is 22.5 Å². The maximum absolute atomic E-state index is 13.6. The summed E-state index contributed by atoms with van der Waals surface area (Å²) in [5.74, 6) is -0.146. The number of carbonyl (C=O) groups is 1. The summed E-state index contributed by atoms with van der Waals surface area (Å²) in [5, 5.41) is 0. The lowest BCUT2D eigenvalue weighted by atomic mass is 10.0. The van der Waals surface area contributed by atoms with E-state index in [2.05, 4.69) is 11.0 Å². The third-order valence-corrected chi connectivity index (χ3v) is 5.55. The Balaban J connectivity index is 1.49. The van der Waals surface area contributed by atoms with Gasteiger partial charge in [-0.2, -0.15) is 0 Å². The molecule has 1 amide bonds. The van der Waals surface area contributed by atoms with E-state index in [9.17, 15) is 9.18 Å². The third kappa shape index (κ3) is 4.59. The Morgan fingerprint density at radius 3 is 2.89 bits per heavy atom. The Hall–Kier alpha value is -2.24. The molecule has 4 nitrogen and oxygen atoms in total. The Morgan fingerprint density at radius 1 is 1.18 bits per heavy atom. The molecule has 2 aliphatic heterocycles. The average molecular weight is 382 g/mol. The van der Waals surface area contributed by atoms with Crippen LogP contribution in [0.25, 0.3) is 0 Å². The van der Waals surface area contributed by atoms with E-state index in [4.69, 9.17) is 4.74 Å². The lowest BCUT2D eigenvalue weighted by molar-refractivity contribution is -0.120. The molecule has 0 radical (unpaired) electrons. The molecule has 4 rings (SSSR count). The maximum atomic E-state index is 13.6. The van der Waals surface area contributed by atoms with E-state index >= 15 is 0 Å². The predicted molar refractivity (Wildman–Crippen MR) is 108 cm³/mol. The zero-order valence-electron chi connectivity index (χ0n) is 16.1. The van der Waals surface area contributed by atoms with Gasteiger partial charge in [0.15, 0.2) is 0 Å². The molecule has 0 bridgehead atoms. The zero-order chi connectivity index (χ0) is 19.3. The number of aryl methyl sites for hydroxylation is 1. The van der Waals surface area contributed by atoms with Gasteiger partial charge in [0.2, 0.25) is 5.91 Å². The first-order chi connectivity index (χ1) is 13.7. The van der Waals surface area contributed by atoms with Crippen molar-refractivity contribution in [1.29, 1.82) is 0 Å². The second-order valence-corrected chi connectivity index (χ2v) is 7.71. The SMILES string of the molecule is O=C(CN(Cc1cccc(F)c1)CC1CCCO1)N1CCCc2ccccc21. The van der Waals surface area contributed by atoms with Gasteiger partial charge in [0, 0.05) is 31.9 Å². The number of hydrogen-bond acceptors (Lipinski definition) is 3. The second-order valence-electron chi connectivity index (χ2n) is 7.71. The van der Waals surface area contributed by atoms with E-state index in [1.54, 1.807) is 12.1 Å². The van der Waals surface area contributed by atoms with Gasteiger partial charge in [-0.15, -0.1) is 0 Å². The number of halogens is 1. The normalized spacial score (nSPS) is 19.1. The number of para-hydroxylation sites is 1. The number of carbonyl (C=O) groups excluding carboxylic acids is 1. The summed E-state index contributed by atoms with van der Waals surface area (Å²) in [7, 11) is 0. The minimum atomic E-state index is -0.245. The summed E-state index contributed by atoms with van der Waals surface area (Å²) in [4.78, 5) is 17.2. The largest absolute Gasteiger partial charge is 0.377 e. The Bertz CT molecular complexity index is 820. The smallest absolute Gasteiger partial charge is 0.241 e. The van der Waals surface area contributed by atoms with Crippen molar-refractivity contribution in [2.24, 2.45) is 0 Å². The fourth-order valence-corrected chi connectivity index (χ4v) is 4.22. The third-order valence-electron chi connectivity index (χ3n) is 5.55. The van der Waals surface area contributed by atoms with Crippen LogP contribution in [0.5, 0.6) is 0 Å². The van der Waals surface area contributed by atoms with Crippen LogP contribution >= 0.6 is 0 Å². The van der Waals surface area contributed by atoms with Crippen molar-refractivity contribution in [3.8, 4) is 0 Å². The molecule has 5 heteroatoms. The van der Waals surface area contributed by atoms with Crippen LogP contribution < -0.4 is 4.90 Å². The monoisotopic (exact) mass is 382 g/mol. The fraction of sp³-hybridized carbons (Fsp3) is 0.435. The molecule has 2 aromatic rings. The highest BCUT2D eigenvalue weighted by Crippen LogP contribution is 2.27. The van der Waals surface area contributed by atoms with Crippen molar-refractivity contribution < 1.29 is 13.9 Å². The van der Waals surface area contributed by atoms with Crippen molar-refractivity contribution >= 4 is 11.6 Å². The molecule has 1 fully saturated rings. The standard InChI is InChI=1S/C23H27FN2O2/c24-20-9-3-6-18(14-20)15-25(16-21-10-5-13-28-21)17-23(27)26-12-4-8-19-7-1-2-11-22(19)26/h1-3,6-7,9,11,14,21H,4-5,8,10,12-13,15-17H2. The van der Waals surface area contributed by atoms with Gasteiger partial charge in [-0.1, -0.05) is 30.3 Å². The highest BCUT2D eigenvalue weighted by molar-refractivity contribution is 5.95. The van der Waals surface area contributed by atoms with Gasteiger partial charge in [0.1, 0.15) is 5.82 Å². The lowest BCUT2D eigenvalue weighted by Crippen LogP contribution is -2.44. The van der Waals surface area contributed by atoms with Crippen LogP contribution in [0.3, 0.4) is 0 Å². The molecular formula is C23H27FN2O2. The highest BCUT2D eigenvalue weighted by Gasteiger charge is 2.26. The quantitative estimate of drug-likeness (QED) is 0.762. The predicted octanol–water partition coefficient (Wildman–Crippen LogP) is 3.79. The Kier molecular flexibility index (Phi) is 6.03. The highest BCUT2D eigenvalue weighted by atomic mass is 19.1. The van der Waals surface area contributed by atoms with Gasteiger partial charge in [0.05, 0.1) is 12.6 Å². The minimum absolute atomic E-state index is 0.0987. The number of ether oxygens (including phenoxy) is 1. The Morgan fingerprint density at radius 2 is 2.07 bits per heavy atom. The number of fused-ring (bicyclic) bond motifs is 1. The molecule has 0 aromatic heterocycles. The van der Waals surface area contributed by atoms with Gasteiger partial charge in [-0.25, -0.2) is 4.39 Å². The van der Waals surface area contributed by atoms with Crippen molar-refractivity contribution in [3.05, 3.63) is 65.5 Å². The van der Waals surface area contributed by atoms with Crippen LogP contribution in [0.2, 0.25) is 0 Å². The minimum Gasteiger partial charge on any atom is -0.377 e. The van der Waals surface area contributed by atoms with E-state index < -0.39 is 0 Å². The van der Waals surface area contributed by atoms with Crippen LogP contribution in [0.1, 0.15) is 30.4 Å². The Labute approximate surface area is 165 Å². The van der Waals surface area contributed by atoms with Crippen molar-refractivity contribution in [2.75, 3.05) is 31.1 Å². The number of amides is 1. The molecule has 1 atom stereocenters. The first-order valence-corrected chi connectivity index (χ1v) is 10.2. The number of benzene rings is 2. The molecule has 0 aliphatic carbocycles. The molecule has 1 unspecified atom stereocenters. The van der Waals surface area contributed by atoms with Crippen LogP contribution in [-0.4, -0.2) is 43.2 Å². The molecule has 0 spiro atoms. The molecule has 0 N–H and O–H groups in total. The fourth-order valence-electron chi connectivity index (χ4n) is 4.22. The summed E-state index contributed by atoms with van der Waals surface area (Å²) < 4.78 is 19.4.